The van der Waals surface area contributed by atoms with E-state index in [0.717, 1.165) is 6.07 Å². The van der Waals surface area contributed by atoms with E-state index in [-0.39, 0.29) is 75.5 Å². The molecule has 0 saturated carbocycles. The lowest BCUT2D eigenvalue weighted by molar-refractivity contribution is -0.437. The molecule has 29 heteroatoms. The minimum Gasteiger partial charge on any atom is -0.481 e. The normalized spacial score (nSPS) is 19.3. The molecule has 424 valence electrons. The van der Waals surface area contributed by atoms with Crippen LogP contribution in [-0.4, -0.2) is 148 Å². The highest BCUT2D eigenvalue weighted by Crippen LogP contribution is 2.52. The van der Waals surface area contributed by atoms with E-state index in [0.29, 0.717) is 62.4 Å². The highest BCUT2D eigenvalue weighted by atomic mass is 32.2. The molecule has 3 aliphatic rings. The number of benzene rings is 3. The number of anilines is 2. The Labute approximate surface area is 448 Å². The van der Waals surface area contributed by atoms with Crippen LogP contribution in [0.1, 0.15) is 84.3 Å². The Hall–Kier alpha value is -4.92. The Morgan fingerprint density at radius 2 is 1.25 bits per heavy atom. The van der Waals surface area contributed by atoms with Gasteiger partial charge in [-0.2, -0.15) is 55.1 Å². The highest BCUT2D eigenvalue weighted by Gasteiger charge is 2.46. The third kappa shape index (κ3) is 14.9. The fourth-order valence-electron chi connectivity index (χ4n) is 10.4. The van der Waals surface area contributed by atoms with Gasteiger partial charge in [0.05, 0.1) is 39.2 Å². The number of fused-ring (bicyclic) bond motifs is 4. The molecule has 2 aliphatic heterocycles. The quantitative estimate of drug-likeness (QED) is 0.0448. The molecular weight excluding hydrogens is 1130 g/mol. The van der Waals surface area contributed by atoms with Gasteiger partial charge in [0.2, 0.25) is 5.69 Å². The lowest BCUT2D eigenvalue weighted by Crippen LogP contribution is -2.30. The summed E-state index contributed by atoms with van der Waals surface area (Å²) in [6.07, 6.45) is 6.78. The van der Waals surface area contributed by atoms with Gasteiger partial charge in [-0.25, -0.2) is 0 Å². The van der Waals surface area contributed by atoms with Crippen molar-refractivity contribution < 1.29 is 92.3 Å². The molecule has 0 amide bonds. The molecule has 0 aromatic heterocycles. The predicted molar refractivity (Wildman–Crippen MR) is 288 cm³/mol. The van der Waals surface area contributed by atoms with Crippen molar-refractivity contribution in [2.45, 2.75) is 93.8 Å². The number of nitrogens with zero attached hydrogens (tertiary/aromatic N) is 3. The molecule has 0 spiro atoms. The zero-order valence-electron chi connectivity index (χ0n) is 42.6. The average Bonchev–Trinajstić information content (AvgIpc) is 3.62. The second kappa shape index (κ2) is 22.3. The lowest BCUT2D eigenvalue weighted by atomic mass is 9.78. The SMILES string of the molecule is CC1=C(/C=C/C2=[N+](CCCS(=O)(=O)O)c3ccc(N(CCCS(=O)(=O)O)CCCS(=O)(=O)O)cc3C2(C)C)CC(C(=O)O)C/C1=C\C=C1\N(CCCS(=O)(=O)O)c2ccc3c(S(=O)(=O)O)cc(S(=O)(=O)O)cc3c2C1(C)C. The van der Waals surface area contributed by atoms with Gasteiger partial charge in [-0.3, -0.25) is 32.1 Å². The zero-order chi connectivity index (χ0) is 57.6. The number of hydrogen-bond acceptors (Lipinski definition) is 15. The van der Waals surface area contributed by atoms with Crippen molar-refractivity contribution in [2.24, 2.45) is 5.92 Å². The largest absolute Gasteiger partial charge is 0.481 e. The van der Waals surface area contributed by atoms with Crippen molar-refractivity contribution in [3.05, 3.63) is 100 Å². The van der Waals surface area contributed by atoms with E-state index in [4.69, 9.17) is 0 Å². The topological polar surface area (TPSA) is 373 Å². The van der Waals surface area contributed by atoms with Gasteiger partial charge in [0.25, 0.3) is 60.7 Å². The van der Waals surface area contributed by atoms with E-state index in [1.807, 2.05) is 24.5 Å². The molecule has 1 unspecified atom stereocenters. The van der Waals surface area contributed by atoms with Crippen LogP contribution in [0.4, 0.5) is 17.1 Å². The van der Waals surface area contributed by atoms with E-state index in [2.05, 4.69) is 0 Å². The van der Waals surface area contributed by atoms with Crippen LogP contribution in [-0.2, 0) is 76.3 Å². The zero-order valence-corrected chi connectivity index (χ0v) is 47.5. The summed E-state index contributed by atoms with van der Waals surface area (Å²) in [6.45, 7) is 9.15. The van der Waals surface area contributed by atoms with Crippen LogP contribution < -0.4 is 9.80 Å². The van der Waals surface area contributed by atoms with Crippen LogP contribution in [0.15, 0.2) is 99.0 Å². The Morgan fingerprint density at radius 3 is 1.79 bits per heavy atom. The van der Waals surface area contributed by atoms with Gasteiger partial charge < -0.3 is 14.9 Å². The van der Waals surface area contributed by atoms with E-state index >= 15 is 0 Å². The standard InChI is InChI=1S/C48H61N3O20S6/c1-31-32(10-16-43-47(2,3)39-28-35(12-14-40(39)50(43)20-8-24-74(60,61)62)49(18-6-22-72(54,55)56)19-7-23-73(57,58)59)26-34(46(52)53)27-33(31)11-17-44-48(4,5)45-38-29-36(76(66,67)68)30-42(77(69,70)71)37(38)13-15-41(45)51(44)21-9-25-75(63,64)65/h10-17,28-30,34H,6-9,18-27H2,1-5H3,(H6-,52,53,54,55,56,57,58,59,60,61,62,63,64,65,66,67,68,69,70,71)/p+1. The molecule has 3 aromatic carbocycles. The Balaban J connectivity index is 1.47. The first kappa shape index (κ1) is 61.3. The minimum atomic E-state index is -5.08. The van der Waals surface area contributed by atoms with Crippen molar-refractivity contribution in [3.8, 4) is 0 Å². The molecular formula is C48H62N3O20S6+. The summed E-state index contributed by atoms with van der Waals surface area (Å²) >= 11 is 0. The van der Waals surface area contributed by atoms with Crippen LogP contribution >= 0.6 is 0 Å². The molecule has 0 bridgehead atoms. The minimum absolute atomic E-state index is 0.0135. The molecule has 6 rings (SSSR count). The fourth-order valence-corrected chi connectivity index (χ4v) is 13.7. The molecule has 3 aromatic rings. The van der Waals surface area contributed by atoms with Gasteiger partial charge in [0, 0.05) is 71.6 Å². The van der Waals surface area contributed by atoms with Gasteiger partial charge in [0.15, 0.2) is 5.71 Å². The summed E-state index contributed by atoms with van der Waals surface area (Å²) < 4.78 is 204. The number of carboxylic acid groups (broad SMARTS) is 1. The van der Waals surface area contributed by atoms with Gasteiger partial charge in [-0.1, -0.05) is 32.1 Å². The third-order valence-electron chi connectivity index (χ3n) is 14.1. The number of carbonyl (C=O) groups is 1. The smallest absolute Gasteiger partial charge is 0.307 e. The Morgan fingerprint density at radius 1 is 0.675 bits per heavy atom. The van der Waals surface area contributed by atoms with Crippen LogP contribution in [0, 0.1) is 5.92 Å². The second-order valence-corrected chi connectivity index (χ2v) is 29.4. The van der Waals surface area contributed by atoms with Gasteiger partial charge in [-0.05, 0) is 117 Å². The van der Waals surface area contributed by atoms with E-state index in [1.165, 1.54) is 12.1 Å². The summed E-state index contributed by atoms with van der Waals surface area (Å²) in [5, 5.41) is 10.4. The maximum absolute atomic E-state index is 12.9. The van der Waals surface area contributed by atoms with Crippen LogP contribution in [0.3, 0.4) is 0 Å². The second-order valence-electron chi connectivity index (χ2n) is 20.3. The van der Waals surface area contributed by atoms with Crippen LogP contribution in [0.2, 0.25) is 0 Å². The summed E-state index contributed by atoms with van der Waals surface area (Å²) in [5.41, 5.74) is 3.40. The van der Waals surface area contributed by atoms with Crippen molar-refractivity contribution in [2.75, 3.05) is 59.0 Å². The van der Waals surface area contributed by atoms with Crippen molar-refractivity contribution in [1.29, 1.82) is 0 Å². The number of carboxylic acids is 1. The van der Waals surface area contributed by atoms with Crippen molar-refractivity contribution in [3.63, 3.8) is 0 Å². The summed E-state index contributed by atoms with van der Waals surface area (Å²) in [7, 11) is -27.6. The fraction of sp³-hybridized carbons (Fsp3) is 0.458. The highest BCUT2D eigenvalue weighted by molar-refractivity contribution is 7.87. The van der Waals surface area contributed by atoms with E-state index in [1.54, 1.807) is 67.0 Å². The molecule has 23 nitrogen and oxygen atoms in total. The lowest BCUT2D eigenvalue weighted by Gasteiger charge is -2.28. The molecule has 77 heavy (non-hydrogen) atoms. The monoisotopic (exact) mass is 1190 g/mol. The molecule has 1 atom stereocenters. The van der Waals surface area contributed by atoms with Gasteiger partial charge in [-0.15, -0.1) is 0 Å². The molecule has 2 heterocycles. The average molecular weight is 1190 g/mol. The Bertz CT molecular complexity index is 3730. The summed E-state index contributed by atoms with van der Waals surface area (Å²) in [5.74, 6) is -4.47. The maximum atomic E-state index is 12.9. The Kier molecular flexibility index (Phi) is 17.8. The first-order valence-electron chi connectivity index (χ1n) is 23.9. The van der Waals surface area contributed by atoms with Crippen molar-refractivity contribution in [1.82, 2.24) is 0 Å². The molecule has 0 fully saturated rings. The number of aliphatic carboxylic acids is 1. The number of hydrogen-bond donors (Lipinski definition) is 7. The third-order valence-corrected chi connectivity index (χ3v) is 19.0. The van der Waals surface area contributed by atoms with E-state index < -0.39 is 116 Å². The number of allylic oxidation sites excluding steroid dienone is 8. The van der Waals surface area contributed by atoms with Crippen LogP contribution in [0.5, 0.6) is 0 Å². The van der Waals surface area contributed by atoms with Gasteiger partial charge >= 0.3 is 5.97 Å². The summed E-state index contributed by atoms with van der Waals surface area (Å²) in [6, 6.07) is 9.76. The van der Waals surface area contributed by atoms with Crippen LogP contribution in [0.25, 0.3) is 10.8 Å². The predicted octanol–water partition coefficient (Wildman–Crippen LogP) is 5.60. The molecule has 0 radical (unpaired) electrons. The molecule has 1 aliphatic carbocycles. The van der Waals surface area contributed by atoms with E-state index in [9.17, 15) is 87.7 Å². The van der Waals surface area contributed by atoms with Gasteiger partial charge in [0.1, 0.15) is 11.4 Å². The molecule has 0 saturated heterocycles. The first-order valence-corrected chi connectivity index (χ1v) is 33.2. The maximum Gasteiger partial charge on any atom is 0.307 e. The summed E-state index contributed by atoms with van der Waals surface area (Å²) in [4.78, 5) is 14.6. The first-order chi connectivity index (χ1) is 35.2. The molecule has 7 N–H and O–H groups in total. The number of rotatable bonds is 23. The van der Waals surface area contributed by atoms with Crippen molar-refractivity contribution >= 4 is 100 Å².